The van der Waals surface area contributed by atoms with Gasteiger partial charge in [0, 0.05) is 17.4 Å². The predicted octanol–water partition coefficient (Wildman–Crippen LogP) is 2.28. The number of benzene rings is 1. The van der Waals surface area contributed by atoms with Gasteiger partial charge in [-0.2, -0.15) is 0 Å². The molecule has 0 atom stereocenters. The molecule has 1 aromatic carbocycles. The molecule has 0 spiro atoms. The molecule has 0 N–H and O–H groups in total. The molecule has 0 saturated carbocycles. The first-order chi connectivity index (χ1) is 8.24. The van der Waals surface area contributed by atoms with Crippen molar-refractivity contribution < 1.29 is 9.53 Å². The molecule has 0 amide bonds. The van der Waals surface area contributed by atoms with Crippen molar-refractivity contribution in [1.82, 2.24) is 9.55 Å². The molecule has 88 valence electrons. The van der Waals surface area contributed by atoms with Crippen molar-refractivity contribution in [3.05, 3.63) is 53.6 Å². The molecule has 2 rings (SSSR count). The number of carbonyl (C=O) groups excluding carboxylic acids is 1. The van der Waals surface area contributed by atoms with E-state index in [0.717, 1.165) is 5.56 Å². The molecule has 0 unspecified atom stereocenters. The van der Waals surface area contributed by atoms with Gasteiger partial charge in [-0.15, -0.1) is 0 Å². The zero-order valence-electron chi connectivity index (χ0n) is 9.04. The first-order valence-corrected chi connectivity index (χ1v) is 5.47. The largest absolute Gasteiger partial charge is 0.459 e. The average molecular weight is 251 g/mol. The van der Waals surface area contributed by atoms with Crippen LogP contribution in [0.15, 0.2) is 43.0 Å². The quantitative estimate of drug-likeness (QED) is 0.782. The second-order valence-electron chi connectivity index (χ2n) is 3.52. The first-order valence-electron chi connectivity index (χ1n) is 5.10. The molecule has 1 heterocycles. The summed E-state index contributed by atoms with van der Waals surface area (Å²) >= 11 is 5.75. The van der Waals surface area contributed by atoms with E-state index in [4.69, 9.17) is 16.3 Å². The van der Waals surface area contributed by atoms with E-state index in [9.17, 15) is 4.79 Å². The van der Waals surface area contributed by atoms with E-state index in [0.29, 0.717) is 5.02 Å². The van der Waals surface area contributed by atoms with Gasteiger partial charge in [0.1, 0.15) is 13.2 Å². The normalized spacial score (nSPS) is 10.2. The topological polar surface area (TPSA) is 44.1 Å². The Labute approximate surface area is 104 Å². The minimum atomic E-state index is -0.294. The van der Waals surface area contributed by atoms with Crippen LogP contribution in [0.2, 0.25) is 5.02 Å². The fourth-order valence-corrected chi connectivity index (χ4v) is 1.45. The van der Waals surface area contributed by atoms with E-state index in [-0.39, 0.29) is 19.1 Å². The number of hydrogen-bond donors (Lipinski definition) is 0. The maximum Gasteiger partial charge on any atom is 0.326 e. The molecule has 0 radical (unpaired) electrons. The van der Waals surface area contributed by atoms with E-state index in [2.05, 4.69) is 4.98 Å². The molecule has 0 aliphatic rings. The van der Waals surface area contributed by atoms with Crippen LogP contribution in [0.3, 0.4) is 0 Å². The summed E-state index contributed by atoms with van der Waals surface area (Å²) in [5, 5.41) is 0.665. The Hall–Kier alpha value is -1.81. The highest BCUT2D eigenvalue weighted by Crippen LogP contribution is 2.10. The van der Waals surface area contributed by atoms with Crippen LogP contribution in [0, 0.1) is 0 Å². The second kappa shape index (κ2) is 5.50. The van der Waals surface area contributed by atoms with Crippen molar-refractivity contribution in [2.75, 3.05) is 0 Å². The highest BCUT2D eigenvalue weighted by molar-refractivity contribution is 6.30. The van der Waals surface area contributed by atoms with E-state index < -0.39 is 0 Å². The van der Waals surface area contributed by atoms with Crippen LogP contribution in [0.1, 0.15) is 5.56 Å². The Kier molecular flexibility index (Phi) is 3.77. The van der Waals surface area contributed by atoms with Gasteiger partial charge in [-0.1, -0.05) is 23.7 Å². The highest BCUT2D eigenvalue weighted by Gasteiger charge is 2.04. The van der Waals surface area contributed by atoms with Gasteiger partial charge in [-0.3, -0.25) is 4.79 Å². The summed E-state index contributed by atoms with van der Waals surface area (Å²) in [4.78, 5) is 15.3. The maximum absolute atomic E-state index is 11.5. The lowest BCUT2D eigenvalue weighted by molar-refractivity contribution is -0.145. The third kappa shape index (κ3) is 3.60. The van der Waals surface area contributed by atoms with Crippen molar-refractivity contribution in [2.24, 2.45) is 0 Å². The number of rotatable bonds is 4. The zero-order valence-corrected chi connectivity index (χ0v) is 9.80. The molecular formula is C12H11ClN2O2. The second-order valence-corrected chi connectivity index (χ2v) is 3.96. The summed E-state index contributed by atoms with van der Waals surface area (Å²) in [6.07, 6.45) is 4.90. The average Bonchev–Trinajstić information content (AvgIpc) is 2.81. The zero-order chi connectivity index (χ0) is 12.1. The van der Waals surface area contributed by atoms with E-state index in [1.807, 2.05) is 12.1 Å². The van der Waals surface area contributed by atoms with Crippen LogP contribution in [0.25, 0.3) is 0 Å². The SMILES string of the molecule is O=C(Cn1ccnc1)OCc1ccc(Cl)cc1. The number of imidazole rings is 1. The smallest absolute Gasteiger partial charge is 0.326 e. The third-order valence-corrected chi connectivity index (χ3v) is 2.44. The Bertz CT molecular complexity index is 480. The number of esters is 1. The van der Waals surface area contributed by atoms with Gasteiger partial charge >= 0.3 is 5.97 Å². The lowest BCUT2D eigenvalue weighted by Crippen LogP contribution is -2.12. The minimum absolute atomic E-state index is 0.174. The molecule has 0 bridgehead atoms. The molecule has 1 aromatic heterocycles. The first kappa shape index (κ1) is 11.7. The van der Waals surface area contributed by atoms with Crippen LogP contribution in [0.5, 0.6) is 0 Å². The minimum Gasteiger partial charge on any atom is -0.459 e. The highest BCUT2D eigenvalue weighted by atomic mass is 35.5. The Morgan fingerprint density at radius 1 is 1.35 bits per heavy atom. The molecule has 0 aliphatic carbocycles. The van der Waals surface area contributed by atoms with Crippen molar-refractivity contribution >= 4 is 17.6 Å². The molecule has 0 saturated heterocycles. The van der Waals surface area contributed by atoms with E-state index in [1.54, 1.807) is 35.4 Å². The summed E-state index contributed by atoms with van der Waals surface area (Å²) in [5.74, 6) is -0.294. The Balaban J connectivity index is 1.82. The van der Waals surface area contributed by atoms with Crippen LogP contribution in [0.4, 0.5) is 0 Å². The lowest BCUT2D eigenvalue weighted by Gasteiger charge is -2.05. The van der Waals surface area contributed by atoms with E-state index >= 15 is 0 Å². The molecular weight excluding hydrogens is 240 g/mol. The van der Waals surface area contributed by atoms with Gasteiger partial charge in [-0.05, 0) is 17.7 Å². The summed E-state index contributed by atoms with van der Waals surface area (Å²) in [5.41, 5.74) is 0.911. The van der Waals surface area contributed by atoms with Crippen molar-refractivity contribution in [3.63, 3.8) is 0 Å². The Morgan fingerprint density at radius 3 is 2.76 bits per heavy atom. The number of halogens is 1. The number of nitrogens with zero attached hydrogens (tertiary/aromatic N) is 2. The fourth-order valence-electron chi connectivity index (χ4n) is 1.32. The molecule has 5 heteroatoms. The van der Waals surface area contributed by atoms with Crippen LogP contribution < -0.4 is 0 Å². The van der Waals surface area contributed by atoms with E-state index in [1.165, 1.54) is 0 Å². The van der Waals surface area contributed by atoms with Gasteiger partial charge in [0.2, 0.25) is 0 Å². The van der Waals surface area contributed by atoms with Crippen molar-refractivity contribution in [2.45, 2.75) is 13.2 Å². The number of ether oxygens (including phenoxy) is 1. The number of aromatic nitrogens is 2. The maximum atomic E-state index is 11.5. The third-order valence-electron chi connectivity index (χ3n) is 2.18. The predicted molar refractivity (Wildman–Crippen MR) is 63.5 cm³/mol. The van der Waals surface area contributed by atoms with Gasteiger partial charge in [0.25, 0.3) is 0 Å². The van der Waals surface area contributed by atoms with Gasteiger partial charge in [0.15, 0.2) is 0 Å². The van der Waals surface area contributed by atoms with Crippen molar-refractivity contribution in [3.8, 4) is 0 Å². The monoisotopic (exact) mass is 250 g/mol. The van der Waals surface area contributed by atoms with Crippen LogP contribution >= 0.6 is 11.6 Å². The molecule has 0 aliphatic heterocycles. The summed E-state index contributed by atoms with van der Waals surface area (Å²) < 4.78 is 6.77. The molecule has 0 fully saturated rings. The summed E-state index contributed by atoms with van der Waals surface area (Å²) in [7, 11) is 0. The number of carbonyl (C=O) groups is 1. The van der Waals surface area contributed by atoms with Gasteiger partial charge < -0.3 is 9.30 Å². The lowest BCUT2D eigenvalue weighted by atomic mass is 10.2. The fraction of sp³-hybridized carbons (Fsp3) is 0.167. The molecule has 4 nitrogen and oxygen atoms in total. The van der Waals surface area contributed by atoms with Crippen molar-refractivity contribution in [1.29, 1.82) is 0 Å². The van der Waals surface area contributed by atoms with Gasteiger partial charge in [0.05, 0.1) is 6.33 Å². The molecule has 17 heavy (non-hydrogen) atoms. The molecule has 2 aromatic rings. The standard InChI is InChI=1S/C12H11ClN2O2/c13-11-3-1-10(2-4-11)8-17-12(16)7-15-6-5-14-9-15/h1-6,9H,7-8H2. The van der Waals surface area contributed by atoms with Crippen LogP contribution in [-0.4, -0.2) is 15.5 Å². The number of hydrogen-bond acceptors (Lipinski definition) is 3. The summed E-state index contributed by atoms with van der Waals surface area (Å²) in [6.45, 7) is 0.429. The van der Waals surface area contributed by atoms with Crippen LogP contribution in [-0.2, 0) is 22.7 Å². The Morgan fingerprint density at radius 2 is 2.12 bits per heavy atom. The summed E-state index contributed by atoms with van der Waals surface area (Å²) in [6, 6.07) is 7.18. The van der Waals surface area contributed by atoms with Gasteiger partial charge in [-0.25, -0.2) is 4.98 Å².